The van der Waals surface area contributed by atoms with Crippen LogP contribution in [0.1, 0.15) is 43.6 Å². The fraction of sp³-hybridized carbons (Fsp3) is 0.733. The maximum absolute atomic E-state index is 5.63. The van der Waals surface area contributed by atoms with Gasteiger partial charge in [-0.05, 0) is 19.8 Å². The van der Waals surface area contributed by atoms with Crippen molar-refractivity contribution in [2.45, 2.75) is 57.8 Å². The molecule has 0 aromatic carbocycles. The van der Waals surface area contributed by atoms with E-state index in [1.165, 1.54) is 19.3 Å². The molecule has 20 heavy (non-hydrogen) atoms. The summed E-state index contributed by atoms with van der Waals surface area (Å²) >= 11 is 0. The van der Waals surface area contributed by atoms with Gasteiger partial charge in [-0.25, -0.2) is 9.97 Å². The number of nitrogens with zero attached hydrogens (tertiary/aromatic N) is 2. The molecule has 2 rings (SSSR count). The van der Waals surface area contributed by atoms with E-state index in [9.17, 15) is 0 Å². The third-order valence-electron chi connectivity index (χ3n) is 3.76. The molecule has 112 valence electrons. The van der Waals surface area contributed by atoms with Crippen LogP contribution < -0.4 is 5.32 Å². The SMILES string of the molecule is COCc1nc(C)cc(N[C@@H]2CCCCC[C@H]2OC)n1. The fourth-order valence-corrected chi connectivity index (χ4v) is 2.81. The maximum Gasteiger partial charge on any atom is 0.156 e. The molecule has 1 N–H and O–H groups in total. The minimum Gasteiger partial charge on any atom is -0.379 e. The second-order valence-corrected chi connectivity index (χ2v) is 5.41. The number of ether oxygens (including phenoxy) is 2. The van der Waals surface area contributed by atoms with Crippen molar-refractivity contribution in [1.82, 2.24) is 9.97 Å². The summed E-state index contributed by atoms with van der Waals surface area (Å²) in [5, 5.41) is 3.53. The number of aromatic nitrogens is 2. The van der Waals surface area contributed by atoms with Gasteiger partial charge in [0.05, 0.1) is 12.1 Å². The number of methoxy groups -OCH3 is 2. The summed E-state index contributed by atoms with van der Waals surface area (Å²) in [6.07, 6.45) is 6.28. The van der Waals surface area contributed by atoms with Gasteiger partial charge in [-0.2, -0.15) is 0 Å². The molecule has 5 nitrogen and oxygen atoms in total. The summed E-state index contributed by atoms with van der Waals surface area (Å²) in [6, 6.07) is 2.31. The van der Waals surface area contributed by atoms with Crippen molar-refractivity contribution in [2.75, 3.05) is 19.5 Å². The molecule has 0 radical (unpaired) electrons. The van der Waals surface area contributed by atoms with Crippen LogP contribution in [0, 0.1) is 6.92 Å². The van der Waals surface area contributed by atoms with E-state index in [0.717, 1.165) is 30.2 Å². The average molecular weight is 279 g/mol. The molecule has 0 unspecified atom stereocenters. The first-order valence-electron chi connectivity index (χ1n) is 7.35. The van der Waals surface area contributed by atoms with Gasteiger partial charge in [0.25, 0.3) is 0 Å². The van der Waals surface area contributed by atoms with Gasteiger partial charge in [-0.15, -0.1) is 0 Å². The third kappa shape index (κ3) is 4.15. The summed E-state index contributed by atoms with van der Waals surface area (Å²) < 4.78 is 10.7. The zero-order valence-electron chi connectivity index (χ0n) is 12.7. The van der Waals surface area contributed by atoms with E-state index in [1.54, 1.807) is 14.2 Å². The number of hydrogen-bond donors (Lipinski definition) is 1. The predicted octanol–water partition coefficient (Wildman–Crippen LogP) is 2.69. The lowest BCUT2D eigenvalue weighted by atomic mass is 10.1. The Bertz CT molecular complexity index is 426. The first-order chi connectivity index (χ1) is 9.72. The van der Waals surface area contributed by atoms with Crippen LogP contribution in [0.5, 0.6) is 0 Å². The summed E-state index contributed by atoms with van der Waals surface area (Å²) in [4.78, 5) is 8.88. The number of hydrogen-bond acceptors (Lipinski definition) is 5. The standard InChI is InChI=1S/C15H25N3O2/c1-11-9-14(18-15(16-11)10-19-2)17-12-7-5-4-6-8-13(12)20-3/h9,12-13H,4-8,10H2,1-3H3,(H,16,17,18)/t12-,13-/m1/s1. The first kappa shape index (κ1) is 15.2. The van der Waals surface area contributed by atoms with Crippen molar-refractivity contribution < 1.29 is 9.47 Å². The second-order valence-electron chi connectivity index (χ2n) is 5.41. The van der Waals surface area contributed by atoms with Crippen molar-refractivity contribution in [2.24, 2.45) is 0 Å². The highest BCUT2D eigenvalue weighted by Crippen LogP contribution is 2.23. The van der Waals surface area contributed by atoms with Gasteiger partial charge in [0.2, 0.25) is 0 Å². The van der Waals surface area contributed by atoms with Crippen molar-refractivity contribution in [3.05, 3.63) is 17.6 Å². The number of aryl methyl sites for hydroxylation is 1. The van der Waals surface area contributed by atoms with Crippen molar-refractivity contribution >= 4 is 5.82 Å². The molecule has 1 fully saturated rings. The van der Waals surface area contributed by atoms with Gasteiger partial charge in [0.15, 0.2) is 5.82 Å². The van der Waals surface area contributed by atoms with Gasteiger partial charge in [0.1, 0.15) is 12.4 Å². The molecule has 5 heteroatoms. The Morgan fingerprint density at radius 1 is 1.20 bits per heavy atom. The van der Waals surface area contributed by atoms with Crippen molar-refractivity contribution in [1.29, 1.82) is 0 Å². The Labute approximate surface area is 121 Å². The topological polar surface area (TPSA) is 56.3 Å². The van der Waals surface area contributed by atoms with Gasteiger partial charge < -0.3 is 14.8 Å². The molecule has 1 aliphatic rings. The Balaban J connectivity index is 2.10. The molecule has 0 saturated heterocycles. The smallest absolute Gasteiger partial charge is 0.156 e. The van der Waals surface area contributed by atoms with Gasteiger partial charge in [0, 0.05) is 26.0 Å². The third-order valence-corrected chi connectivity index (χ3v) is 3.76. The molecule has 1 aromatic rings. The highest BCUT2D eigenvalue weighted by Gasteiger charge is 2.23. The Morgan fingerprint density at radius 3 is 2.75 bits per heavy atom. The van der Waals surface area contributed by atoms with Crippen LogP contribution in [0.3, 0.4) is 0 Å². The van der Waals surface area contributed by atoms with Crippen LogP contribution in [-0.2, 0) is 16.1 Å². The van der Waals surface area contributed by atoms with E-state index in [0.29, 0.717) is 12.6 Å². The van der Waals surface area contributed by atoms with E-state index in [2.05, 4.69) is 15.3 Å². The quantitative estimate of drug-likeness (QED) is 0.840. The van der Waals surface area contributed by atoms with Crippen LogP contribution in [0.25, 0.3) is 0 Å². The van der Waals surface area contributed by atoms with E-state index < -0.39 is 0 Å². The molecule has 0 spiro atoms. The minimum atomic E-state index is 0.263. The predicted molar refractivity (Wildman–Crippen MR) is 78.8 cm³/mol. The zero-order chi connectivity index (χ0) is 14.4. The van der Waals surface area contributed by atoms with Crippen LogP contribution in [0.15, 0.2) is 6.07 Å². The molecule has 1 heterocycles. The Kier molecular flexibility index (Phi) is 5.73. The minimum absolute atomic E-state index is 0.263. The maximum atomic E-state index is 5.63. The summed E-state index contributed by atoms with van der Waals surface area (Å²) in [5.41, 5.74) is 0.956. The van der Waals surface area contributed by atoms with Crippen molar-refractivity contribution in [3.63, 3.8) is 0 Å². The lowest BCUT2D eigenvalue weighted by Crippen LogP contribution is -2.34. The highest BCUT2D eigenvalue weighted by atomic mass is 16.5. The molecular weight excluding hydrogens is 254 g/mol. The lowest BCUT2D eigenvalue weighted by molar-refractivity contribution is 0.0805. The van der Waals surface area contributed by atoms with Crippen molar-refractivity contribution in [3.8, 4) is 0 Å². The Morgan fingerprint density at radius 2 is 2.00 bits per heavy atom. The van der Waals surface area contributed by atoms with Crippen LogP contribution in [0.2, 0.25) is 0 Å². The largest absolute Gasteiger partial charge is 0.379 e. The molecule has 0 bridgehead atoms. The van der Waals surface area contributed by atoms with Gasteiger partial charge >= 0.3 is 0 Å². The molecule has 2 atom stereocenters. The number of nitrogens with one attached hydrogen (secondary N) is 1. The van der Waals surface area contributed by atoms with Gasteiger partial charge in [-0.3, -0.25) is 0 Å². The van der Waals surface area contributed by atoms with E-state index in [4.69, 9.17) is 9.47 Å². The highest BCUT2D eigenvalue weighted by molar-refractivity contribution is 5.37. The molecule has 0 aliphatic heterocycles. The molecule has 1 aliphatic carbocycles. The van der Waals surface area contributed by atoms with E-state index in [1.807, 2.05) is 13.0 Å². The van der Waals surface area contributed by atoms with Gasteiger partial charge in [-0.1, -0.05) is 19.3 Å². The average Bonchev–Trinajstić information content (AvgIpc) is 2.63. The normalized spacial score (nSPS) is 23.4. The van der Waals surface area contributed by atoms with Crippen LogP contribution >= 0.6 is 0 Å². The van der Waals surface area contributed by atoms with Crippen LogP contribution in [-0.4, -0.2) is 36.3 Å². The molecule has 1 saturated carbocycles. The van der Waals surface area contributed by atoms with Crippen LogP contribution in [0.4, 0.5) is 5.82 Å². The Hall–Kier alpha value is -1.20. The monoisotopic (exact) mass is 279 g/mol. The molecule has 1 aromatic heterocycles. The lowest BCUT2D eigenvalue weighted by Gasteiger charge is -2.25. The summed E-state index contributed by atoms with van der Waals surface area (Å²) in [5.74, 6) is 1.59. The van der Waals surface area contributed by atoms with E-state index >= 15 is 0 Å². The van der Waals surface area contributed by atoms with E-state index in [-0.39, 0.29) is 6.10 Å². The molecular formula is C15H25N3O2. The summed E-state index contributed by atoms with van der Waals surface area (Å²) in [6.45, 7) is 2.42. The second kappa shape index (κ2) is 7.55. The molecule has 0 amide bonds. The number of anilines is 1. The summed E-state index contributed by atoms with van der Waals surface area (Å²) in [7, 11) is 3.46. The number of rotatable bonds is 5. The zero-order valence-corrected chi connectivity index (χ0v) is 12.7. The fourth-order valence-electron chi connectivity index (χ4n) is 2.81. The first-order valence-corrected chi connectivity index (χ1v) is 7.35.